The topological polar surface area (TPSA) is 21.3 Å². The first kappa shape index (κ1) is 8.57. The summed E-state index contributed by atoms with van der Waals surface area (Å²) in [6, 6.07) is 6.33. The molecule has 0 aromatic heterocycles. The van der Waals surface area contributed by atoms with Gasteiger partial charge in [0.2, 0.25) is 0 Å². The van der Waals surface area contributed by atoms with Crippen LogP contribution in [0.1, 0.15) is 11.1 Å². The smallest absolute Gasteiger partial charge is 0.123 e. The van der Waals surface area contributed by atoms with E-state index in [1.807, 2.05) is 0 Å². The Labute approximate surface area is 78.9 Å². The third-order valence-corrected chi connectivity index (χ3v) is 2.38. The fourth-order valence-electron chi connectivity index (χ4n) is 1.36. The second-order valence-corrected chi connectivity index (χ2v) is 3.67. The monoisotopic (exact) mass is 177 g/mol. The van der Waals surface area contributed by atoms with Crippen LogP contribution in [0.25, 0.3) is 0 Å². The summed E-state index contributed by atoms with van der Waals surface area (Å²) in [5.74, 6) is 1.03. The molecule has 2 heteroatoms. The number of hydrogen-bond donors (Lipinski definition) is 1. The average Bonchev–Trinajstić information content (AvgIpc) is 2.03. The highest BCUT2D eigenvalue weighted by Gasteiger charge is 2.18. The van der Waals surface area contributed by atoms with Crippen molar-refractivity contribution >= 4 is 0 Å². The zero-order chi connectivity index (χ0) is 9.26. The van der Waals surface area contributed by atoms with Crippen molar-refractivity contribution in [3.63, 3.8) is 0 Å². The Hall–Kier alpha value is -1.02. The van der Waals surface area contributed by atoms with Gasteiger partial charge in [0.05, 0.1) is 0 Å². The van der Waals surface area contributed by atoms with Crippen molar-refractivity contribution in [2.75, 3.05) is 13.1 Å². The molecule has 2 rings (SSSR count). The van der Waals surface area contributed by atoms with E-state index < -0.39 is 0 Å². The van der Waals surface area contributed by atoms with Crippen LogP contribution in [-0.2, 0) is 0 Å². The van der Waals surface area contributed by atoms with Gasteiger partial charge in [-0.25, -0.2) is 0 Å². The van der Waals surface area contributed by atoms with Crippen molar-refractivity contribution in [3.8, 4) is 5.75 Å². The number of rotatable bonds is 2. The second kappa shape index (κ2) is 3.38. The molecule has 0 unspecified atom stereocenters. The molecular weight excluding hydrogens is 162 g/mol. The summed E-state index contributed by atoms with van der Waals surface area (Å²) < 4.78 is 5.80. The normalized spacial score (nSPS) is 16.8. The molecule has 0 spiro atoms. The van der Waals surface area contributed by atoms with Crippen LogP contribution in [-0.4, -0.2) is 19.2 Å². The quantitative estimate of drug-likeness (QED) is 0.741. The summed E-state index contributed by atoms with van der Waals surface area (Å²) in [7, 11) is 0. The first-order chi connectivity index (χ1) is 6.25. The zero-order valence-corrected chi connectivity index (χ0v) is 8.13. The molecule has 1 N–H and O–H groups in total. The van der Waals surface area contributed by atoms with Crippen molar-refractivity contribution in [2.24, 2.45) is 0 Å². The maximum absolute atomic E-state index is 5.80. The molecule has 0 atom stereocenters. The van der Waals surface area contributed by atoms with E-state index in [-0.39, 0.29) is 0 Å². The van der Waals surface area contributed by atoms with Crippen LogP contribution < -0.4 is 10.1 Å². The number of aryl methyl sites for hydroxylation is 2. The molecule has 0 bridgehead atoms. The van der Waals surface area contributed by atoms with Crippen LogP contribution >= 0.6 is 0 Å². The highest BCUT2D eigenvalue weighted by molar-refractivity contribution is 5.36. The fraction of sp³-hybridized carbons (Fsp3) is 0.455. The van der Waals surface area contributed by atoms with Crippen molar-refractivity contribution in [1.82, 2.24) is 5.32 Å². The zero-order valence-electron chi connectivity index (χ0n) is 8.13. The van der Waals surface area contributed by atoms with Crippen LogP contribution in [0.4, 0.5) is 0 Å². The summed E-state index contributed by atoms with van der Waals surface area (Å²) in [6.07, 6.45) is 0.375. The summed E-state index contributed by atoms with van der Waals surface area (Å²) >= 11 is 0. The molecule has 1 aliphatic heterocycles. The van der Waals surface area contributed by atoms with Crippen LogP contribution in [0.15, 0.2) is 18.2 Å². The van der Waals surface area contributed by atoms with Crippen molar-refractivity contribution in [1.29, 1.82) is 0 Å². The van der Waals surface area contributed by atoms with E-state index >= 15 is 0 Å². The van der Waals surface area contributed by atoms with Gasteiger partial charge in [-0.2, -0.15) is 0 Å². The maximum Gasteiger partial charge on any atom is 0.123 e. The van der Waals surface area contributed by atoms with E-state index in [1.54, 1.807) is 0 Å². The van der Waals surface area contributed by atoms with Gasteiger partial charge in [0.1, 0.15) is 11.9 Å². The minimum absolute atomic E-state index is 0.375. The Morgan fingerprint density at radius 1 is 1.31 bits per heavy atom. The molecule has 13 heavy (non-hydrogen) atoms. The van der Waals surface area contributed by atoms with E-state index in [4.69, 9.17) is 4.74 Å². The lowest BCUT2D eigenvalue weighted by atomic mass is 10.1. The van der Waals surface area contributed by atoms with E-state index in [9.17, 15) is 0 Å². The molecule has 1 saturated heterocycles. The predicted molar refractivity (Wildman–Crippen MR) is 53.2 cm³/mol. The van der Waals surface area contributed by atoms with Gasteiger partial charge < -0.3 is 10.1 Å². The van der Waals surface area contributed by atoms with Crippen LogP contribution in [0.2, 0.25) is 0 Å². The number of ether oxygens (including phenoxy) is 1. The highest BCUT2D eigenvalue weighted by atomic mass is 16.5. The third kappa shape index (κ3) is 1.83. The minimum atomic E-state index is 0.375. The van der Waals surface area contributed by atoms with Crippen molar-refractivity contribution in [3.05, 3.63) is 29.3 Å². The molecule has 1 aromatic rings. The molecule has 1 heterocycles. The molecular formula is C11H15NO. The highest BCUT2D eigenvalue weighted by Crippen LogP contribution is 2.21. The Morgan fingerprint density at radius 3 is 2.69 bits per heavy atom. The molecule has 0 aliphatic carbocycles. The molecule has 0 amide bonds. The Bertz CT molecular complexity index is 305. The maximum atomic E-state index is 5.80. The largest absolute Gasteiger partial charge is 0.487 e. The van der Waals surface area contributed by atoms with Crippen LogP contribution in [0.3, 0.4) is 0 Å². The van der Waals surface area contributed by atoms with Gasteiger partial charge in [-0.1, -0.05) is 12.1 Å². The predicted octanol–water partition coefficient (Wildman–Crippen LogP) is 1.65. The summed E-state index contributed by atoms with van der Waals surface area (Å²) in [5.41, 5.74) is 2.48. The van der Waals surface area contributed by atoms with Crippen molar-refractivity contribution in [2.45, 2.75) is 20.0 Å². The first-order valence-corrected chi connectivity index (χ1v) is 4.70. The second-order valence-electron chi connectivity index (χ2n) is 3.67. The van der Waals surface area contributed by atoms with E-state index in [2.05, 4.69) is 37.4 Å². The van der Waals surface area contributed by atoms with Gasteiger partial charge in [0, 0.05) is 13.1 Å². The summed E-state index contributed by atoms with van der Waals surface area (Å²) in [5, 5.41) is 3.19. The Balaban J connectivity index is 2.13. The molecule has 0 radical (unpaired) electrons. The lowest BCUT2D eigenvalue weighted by Crippen LogP contribution is -2.50. The summed E-state index contributed by atoms with van der Waals surface area (Å²) in [6.45, 7) is 6.13. The molecule has 70 valence electrons. The van der Waals surface area contributed by atoms with Gasteiger partial charge in [-0.3, -0.25) is 0 Å². The van der Waals surface area contributed by atoms with Crippen molar-refractivity contribution < 1.29 is 4.74 Å². The number of benzene rings is 1. The van der Waals surface area contributed by atoms with Crippen LogP contribution in [0.5, 0.6) is 5.75 Å². The van der Waals surface area contributed by atoms with E-state index in [1.165, 1.54) is 11.1 Å². The number of nitrogens with one attached hydrogen (secondary N) is 1. The van der Waals surface area contributed by atoms with Gasteiger partial charge in [-0.05, 0) is 31.0 Å². The molecule has 1 aromatic carbocycles. The molecule has 0 saturated carbocycles. The van der Waals surface area contributed by atoms with Gasteiger partial charge >= 0.3 is 0 Å². The summed E-state index contributed by atoms with van der Waals surface area (Å²) in [4.78, 5) is 0. The standard InChI is InChI=1S/C11H15NO/c1-8-3-4-9(2)11(5-8)13-10-6-12-7-10/h3-5,10,12H,6-7H2,1-2H3. The van der Waals surface area contributed by atoms with Gasteiger partial charge in [-0.15, -0.1) is 0 Å². The minimum Gasteiger partial charge on any atom is -0.487 e. The van der Waals surface area contributed by atoms with Crippen LogP contribution in [0, 0.1) is 13.8 Å². The Morgan fingerprint density at radius 2 is 2.08 bits per heavy atom. The SMILES string of the molecule is Cc1ccc(C)c(OC2CNC2)c1. The van der Waals surface area contributed by atoms with Gasteiger partial charge in [0.15, 0.2) is 0 Å². The molecule has 1 fully saturated rings. The number of hydrogen-bond acceptors (Lipinski definition) is 2. The lowest BCUT2D eigenvalue weighted by Gasteiger charge is -2.28. The van der Waals surface area contributed by atoms with E-state index in [0.717, 1.165) is 18.8 Å². The Kier molecular flexibility index (Phi) is 2.23. The fourth-order valence-corrected chi connectivity index (χ4v) is 1.36. The lowest BCUT2D eigenvalue weighted by molar-refractivity contribution is 0.141. The molecule has 1 aliphatic rings. The molecule has 2 nitrogen and oxygen atoms in total. The van der Waals surface area contributed by atoms with Gasteiger partial charge in [0.25, 0.3) is 0 Å². The van der Waals surface area contributed by atoms with E-state index in [0.29, 0.717) is 6.10 Å². The third-order valence-electron chi connectivity index (χ3n) is 2.38. The average molecular weight is 177 g/mol. The first-order valence-electron chi connectivity index (χ1n) is 4.70.